The molecule has 0 aliphatic carbocycles. The van der Waals surface area contributed by atoms with E-state index < -0.39 is 17.7 Å². The second-order valence-electron chi connectivity index (χ2n) is 4.66. The van der Waals surface area contributed by atoms with Crippen molar-refractivity contribution in [2.24, 2.45) is 0 Å². The Bertz CT molecular complexity index is 653. The Morgan fingerprint density at radius 3 is 2.71 bits per heavy atom. The molecule has 2 aromatic rings. The van der Waals surface area contributed by atoms with Gasteiger partial charge in [0.05, 0.1) is 18.2 Å². The molecule has 1 aromatic heterocycles. The first-order chi connectivity index (χ1) is 9.88. The van der Waals surface area contributed by atoms with Crippen LogP contribution in [0.25, 0.3) is 0 Å². The van der Waals surface area contributed by atoms with E-state index in [1.54, 1.807) is 13.8 Å². The Labute approximate surface area is 125 Å². The first-order valence-corrected chi connectivity index (χ1v) is 6.61. The standard InChI is InChI=1S/C14H13ClF2N2O2/c1-7(9-3-4-11(16)12(17)5-9)18-13(20)6-10-8(2)19-21-14(10)15/h3-5,7H,6H2,1-2H3,(H,18,20)/t7-/m1/s1. The molecule has 1 amide bonds. The number of aryl methyl sites for hydroxylation is 1. The Morgan fingerprint density at radius 2 is 2.14 bits per heavy atom. The molecule has 0 fully saturated rings. The third kappa shape index (κ3) is 3.58. The fourth-order valence-corrected chi connectivity index (χ4v) is 2.11. The van der Waals surface area contributed by atoms with Crippen LogP contribution in [0.3, 0.4) is 0 Å². The van der Waals surface area contributed by atoms with Crippen molar-refractivity contribution in [2.75, 3.05) is 0 Å². The molecule has 112 valence electrons. The van der Waals surface area contributed by atoms with Gasteiger partial charge in [-0.15, -0.1) is 0 Å². The molecular formula is C14H13ClF2N2O2. The number of carbonyl (C=O) groups is 1. The van der Waals surface area contributed by atoms with Crippen LogP contribution in [0.15, 0.2) is 22.7 Å². The summed E-state index contributed by atoms with van der Waals surface area (Å²) in [6.45, 7) is 3.35. The number of hydrogen-bond donors (Lipinski definition) is 1. The minimum atomic E-state index is -0.952. The first-order valence-electron chi connectivity index (χ1n) is 6.23. The predicted octanol–water partition coefficient (Wildman–Crippen LogP) is 3.33. The molecule has 1 aromatic carbocycles. The van der Waals surface area contributed by atoms with Gasteiger partial charge < -0.3 is 9.84 Å². The van der Waals surface area contributed by atoms with Crippen LogP contribution in [0.4, 0.5) is 8.78 Å². The molecule has 1 atom stereocenters. The number of benzene rings is 1. The van der Waals surface area contributed by atoms with Crippen LogP contribution in [0.5, 0.6) is 0 Å². The van der Waals surface area contributed by atoms with Crippen molar-refractivity contribution in [2.45, 2.75) is 26.3 Å². The van der Waals surface area contributed by atoms with Gasteiger partial charge in [-0.1, -0.05) is 11.2 Å². The van der Waals surface area contributed by atoms with Crippen LogP contribution in [0.1, 0.15) is 29.8 Å². The summed E-state index contributed by atoms with van der Waals surface area (Å²) >= 11 is 5.78. The second kappa shape index (κ2) is 6.22. The van der Waals surface area contributed by atoms with E-state index >= 15 is 0 Å². The van der Waals surface area contributed by atoms with Crippen LogP contribution in [-0.2, 0) is 11.2 Å². The Hall–Kier alpha value is -1.95. The van der Waals surface area contributed by atoms with Gasteiger partial charge in [-0.25, -0.2) is 8.78 Å². The predicted molar refractivity (Wildman–Crippen MR) is 72.9 cm³/mol. The van der Waals surface area contributed by atoms with Crippen molar-refractivity contribution >= 4 is 17.5 Å². The summed E-state index contributed by atoms with van der Waals surface area (Å²) in [5, 5.41) is 6.40. The minimum absolute atomic E-state index is 0.00217. The van der Waals surface area contributed by atoms with Crippen molar-refractivity contribution < 1.29 is 18.1 Å². The van der Waals surface area contributed by atoms with Gasteiger partial charge in [0.1, 0.15) is 0 Å². The lowest BCUT2D eigenvalue weighted by atomic mass is 10.1. The Morgan fingerprint density at radius 1 is 1.43 bits per heavy atom. The molecule has 0 spiro atoms. The summed E-state index contributed by atoms with van der Waals surface area (Å²) in [7, 11) is 0. The van der Waals surface area contributed by atoms with Gasteiger partial charge in [-0.2, -0.15) is 0 Å². The molecule has 21 heavy (non-hydrogen) atoms. The zero-order chi connectivity index (χ0) is 15.6. The van der Waals surface area contributed by atoms with E-state index in [9.17, 15) is 13.6 Å². The fourth-order valence-electron chi connectivity index (χ4n) is 1.88. The zero-order valence-corrected chi connectivity index (χ0v) is 12.2. The molecular weight excluding hydrogens is 302 g/mol. The summed E-state index contributed by atoms with van der Waals surface area (Å²) in [6, 6.07) is 3.03. The third-order valence-corrected chi connectivity index (χ3v) is 3.39. The summed E-state index contributed by atoms with van der Waals surface area (Å²) in [4.78, 5) is 11.9. The topological polar surface area (TPSA) is 55.1 Å². The Balaban J connectivity index is 2.03. The van der Waals surface area contributed by atoms with Crippen molar-refractivity contribution in [3.05, 3.63) is 51.9 Å². The molecule has 1 heterocycles. The highest BCUT2D eigenvalue weighted by atomic mass is 35.5. The van der Waals surface area contributed by atoms with Crippen LogP contribution in [-0.4, -0.2) is 11.1 Å². The van der Waals surface area contributed by atoms with E-state index in [4.69, 9.17) is 16.1 Å². The maximum absolute atomic E-state index is 13.2. The van der Waals surface area contributed by atoms with E-state index in [1.165, 1.54) is 6.07 Å². The zero-order valence-electron chi connectivity index (χ0n) is 11.4. The van der Waals surface area contributed by atoms with E-state index in [0.717, 1.165) is 12.1 Å². The van der Waals surface area contributed by atoms with E-state index in [1.807, 2.05) is 0 Å². The smallest absolute Gasteiger partial charge is 0.229 e. The molecule has 0 unspecified atom stereocenters. The lowest BCUT2D eigenvalue weighted by molar-refractivity contribution is -0.121. The minimum Gasteiger partial charge on any atom is -0.349 e. The number of carbonyl (C=O) groups excluding carboxylic acids is 1. The van der Waals surface area contributed by atoms with Crippen molar-refractivity contribution in [3.8, 4) is 0 Å². The average Bonchev–Trinajstić information content (AvgIpc) is 2.73. The molecule has 4 nitrogen and oxygen atoms in total. The maximum Gasteiger partial charge on any atom is 0.229 e. The lowest BCUT2D eigenvalue weighted by Gasteiger charge is -2.14. The molecule has 0 radical (unpaired) electrons. The lowest BCUT2D eigenvalue weighted by Crippen LogP contribution is -2.28. The van der Waals surface area contributed by atoms with Crippen LogP contribution >= 0.6 is 11.6 Å². The number of nitrogens with zero attached hydrogens (tertiary/aromatic N) is 1. The van der Waals surface area contributed by atoms with Gasteiger partial charge in [-0.05, 0) is 43.1 Å². The SMILES string of the molecule is Cc1noc(Cl)c1CC(=O)N[C@H](C)c1ccc(F)c(F)c1. The highest BCUT2D eigenvalue weighted by molar-refractivity contribution is 6.29. The molecule has 1 N–H and O–H groups in total. The summed E-state index contributed by atoms with van der Waals surface area (Å²) < 4.78 is 30.8. The summed E-state index contributed by atoms with van der Waals surface area (Å²) in [5.41, 5.74) is 1.51. The fraction of sp³-hybridized carbons (Fsp3) is 0.286. The monoisotopic (exact) mass is 314 g/mol. The van der Waals surface area contributed by atoms with Crippen molar-refractivity contribution in [1.82, 2.24) is 10.5 Å². The van der Waals surface area contributed by atoms with Gasteiger partial charge in [-0.3, -0.25) is 4.79 Å². The molecule has 0 saturated carbocycles. The molecule has 0 bridgehead atoms. The van der Waals surface area contributed by atoms with Crippen LogP contribution in [0.2, 0.25) is 5.22 Å². The van der Waals surface area contributed by atoms with Gasteiger partial charge in [0.25, 0.3) is 0 Å². The summed E-state index contributed by atoms with van der Waals surface area (Å²) in [5.74, 6) is -2.20. The van der Waals surface area contributed by atoms with Gasteiger partial charge in [0.2, 0.25) is 11.1 Å². The average molecular weight is 315 g/mol. The molecule has 0 aliphatic rings. The second-order valence-corrected chi connectivity index (χ2v) is 5.00. The number of aromatic nitrogens is 1. The highest BCUT2D eigenvalue weighted by Crippen LogP contribution is 2.20. The number of hydrogen-bond acceptors (Lipinski definition) is 3. The first kappa shape index (κ1) is 15.4. The highest BCUT2D eigenvalue weighted by Gasteiger charge is 2.17. The molecule has 0 aliphatic heterocycles. The number of amides is 1. The van der Waals surface area contributed by atoms with Gasteiger partial charge in [0.15, 0.2) is 11.6 Å². The van der Waals surface area contributed by atoms with Crippen LogP contribution < -0.4 is 5.32 Å². The van der Waals surface area contributed by atoms with Gasteiger partial charge in [0, 0.05) is 5.56 Å². The molecule has 7 heteroatoms. The summed E-state index contributed by atoms with van der Waals surface area (Å²) in [6.07, 6.45) is 0.00217. The Kier molecular flexibility index (Phi) is 4.57. The number of halogens is 3. The number of rotatable bonds is 4. The largest absolute Gasteiger partial charge is 0.349 e. The van der Waals surface area contributed by atoms with E-state index in [2.05, 4.69) is 10.5 Å². The molecule has 2 rings (SSSR count). The van der Waals surface area contributed by atoms with Crippen molar-refractivity contribution in [3.63, 3.8) is 0 Å². The number of nitrogens with one attached hydrogen (secondary N) is 1. The maximum atomic E-state index is 13.2. The van der Waals surface area contributed by atoms with Crippen LogP contribution in [0, 0.1) is 18.6 Å². The quantitative estimate of drug-likeness (QED) is 0.941. The van der Waals surface area contributed by atoms with E-state index in [-0.39, 0.29) is 17.5 Å². The normalized spacial score (nSPS) is 12.2. The van der Waals surface area contributed by atoms with E-state index in [0.29, 0.717) is 16.8 Å². The van der Waals surface area contributed by atoms with Gasteiger partial charge >= 0.3 is 0 Å². The van der Waals surface area contributed by atoms with Crippen molar-refractivity contribution in [1.29, 1.82) is 0 Å². The third-order valence-electron chi connectivity index (χ3n) is 3.10. The molecule has 0 saturated heterocycles.